The molecule has 1 amide bonds. The number of benzene rings is 2. The second-order valence-corrected chi connectivity index (χ2v) is 5.91. The summed E-state index contributed by atoms with van der Waals surface area (Å²) in [6.45, 7) is 0. The number of para-hydroxylation sites is 1. The number of nitriles is 1. The summed E-state index contributed by atoms with van der Waals surface area (Å²) >= 11 is 15.4. The molecule has 0 saturated heterocycles. The number of amides is 1. The fourth-order valence-electron chi connectivity index (χ4n) is 1.69. The van der Waals surface area contributed by atoms with Gasteiger partial charge in [-0.25, -0.2) is 0 Å². The van der Waals surface area contributed by atoms with E-state index in [9.17, 15) is 10.1 Å². The van der Waals surface area contributed by atoms with Gasteiger partial charge in [0, 0.05) is 20.1 Å². The lowest BCUT2D eigenvalue weighted by Crippen LogP contribution is -2.13. The maximum absolute atomic E-state index is 12.2. The number of anilines is 1. The van der Waals surface area contributed by atoms with Crippen molar-refractivity contribution < 1.29 is 4.79 Å². The highest BCUT2D eigenvalue weighted by Gasteiger charge is 2.13. The third-order valence-corrected chi connectivity index (χ3v) is 4.13. The van der Waals surface area contributed by atoms with Gasteiger partial charge >= 0.3 is 0 Å². The highest BCUT2D eigenvalue weighted by Crippen LogP contribution is 2.27. The first kappa shape index (κ1) is 16.6. The van der Waals surface area contributed by atoms with Crippen LogP contribution in [0.2, 0.25) is 10.0 Å². The summed E-state index contributed by atoms with van der Waals surface area (Å²) in [6, 6.07) is 13.9. The average molecular weight is 396 g/mol. The molecule has 0 fully saturated rings. The molecule has 0 atom stereocenters. The third-order valence-electron chi connectivity index (χ3n) is 2.78. The van der Waals surface area contributed by atoms with Crippen molar-refractivity contribution in [2.45, 2.75) is 0 Å². The smallest absolute Gasteiger partial charge is 0.266 e. The van der Waals surface area contributed by atoms with Crippen LogP contribution >= 0.6 is 39.1 Å². The van der Waals surface area contributed by atoms with Crippen LogP contribution in [0, 0.1) is 11.3 Å². The van der Waals surface area contributed by atoms with Crippen LogP contribution in [0.15, 0.2) is 52.5 Å². The van der Waals surface area contributed by atoms with Crippen molar-refractivity contribution in [1.29, 1.82) is 5.26 Å². The first-order chi connectivity index (χ1) is 10.5. The molecule has 22 heavy (non-hydrogen) atoms. The molecule has 0 aromatic heterocycles. The molecule has 6 heteroatoms. The number of carbonyl (C=O) groups excluding carboxylic acids is 1. The van der Waals surface area contributed by atoms with E-state index in [1.54, 1.807) is 36.4 Å². The number of rotatable bonds is 3. The molecule has 1 N–H and O–H groups in total. The lowest BCUT2D eigenvalue weighted by molar-refractivity contribution is -0.112. The van der Waals surface area contributed by atoms with E-state index in [4.69, 9.17) is 23.2 Å². The highest BCUT2D eigenvalue weighted by molar-refractivity contribution is 9.10. The molecule has 0 aliphatic carbocycles. The van der Waals surface area contributed by atoms with Gasteiger partial charge in [-0.15, -0.1) is 0 Å². The zero-order valence-corrected chi connectivity index (χ0v) is 14.2. The van der Waals surface area contributed by atoms with Crippen molar-refractivity contribution in [3.8, 4) is 6.07 Å². The minimum atomic E-state index is -0.537. The third kappa shape index (κ3) is 3.89. The van der Waals surface area contributed by atoms with Crippen LogP contribution in [0.25, 0.3) is 6.08 Å². The van der Waals surface area contributed by atoms with Crippen molar-refractivity contribution in [1.82, 2.24) is 0 Å². The Bertz CT molecular complexity index is 777. The summed E-state index contributed by atoms with van der Waals surface area (Å²) in [5.74, 6) is -0.537. The molecule has 0 heterocycles. The van der Waals surface area contributed by atoms with Crippen molar-refractivity contribution in [3.05, 3.63) is 68.1 Å². The molecule has 0 bridgehead atoms. The molecule has 0 saturated carbocycles. The van der Waals surface area contributed by atoms with Crippen molar-refractivity contribution in [2.24, 2.45) is 0 Å². The van der Waals surface area contributed by atoms with Crippen LogP contribution in [0.3, 0.4) is 0 Å². The number of carbonyl (C=O) groups is 1. The minimum Gasteiger partial charge on any atom is -0.320 e. The molecule has 110 valence electrons. The van der Waals surface area contributed by atoms with Gasteiger partial charge in [0.2, 0.25) is 0 Å². The van der Waals surface area contributed by atoms with Crippen LogP contribution in [0.4, 0.5) is 5.69 Å². The zero-order valence-electron chi connectivity index (χ0n) is 11.1. The Morgan fingerprint density at radius 3 is 2.36 bits per heavy atom. The molecule has 0 spiro atoms. The Kier molecular flexibility index (Phi) is 5.62. The Labute approximate surface area is 146 Å². The van der Waals surface area contributed by atoms with Crippen molar-refractivity contribution in [3.63, 3.8) is 0 Å². The zero-order chi connectivity index (χ0) is 16.1. The first-order valence-corrected chi connectivity index (χ1v) is 7.69. The fourth-order valence-corrected chi connectivity index (χ4v) is 2.58. The number of hydrogen-bond acceptors (Lipinski definition) is 2. The number of halogens is 3. The van der Waals surface area contributed by atoms with Crippen molar-refractivity contribution in [2.75, 3.05) is 5.32 Å². The second-order valence-electron chi connectivity index (χ2n) is 4.24. The van der Waals surface area contributed by atoms with Crippen molar-refractivity contribution >= 4 is 56.8 Å². The summed E-state index contributed by atoms with van der Waals surface area (Å²) in [5, 5.41) is 12.6. The van der Waals surface area contributed by atoms with Gasteiger partial charge in [0.1, 0.15) is 11.6 Å². The molecular formula is C16H9BrCl2N2O. The Balaban J connectivity index is 2.33. The summed E-state index contributed by atoms with van der Waals surface area (Å²) in [4.78, 5) is 12.2. The summed E-state index contributed by atoms with van der Waals surface area (Å²) < 4.78 is 0.719. The standard InChI is InChI=1S/C16H9BrCl2N2O/c17-12-4-1-2-7-15(12)21-16(22)10(9-20)8-11-13(18)5-3-6-14(11)19/h1-8H,(H,21,22)/b10-8-. The summed E-state index contributed by atoms with van der Waals surface area (Å²) in [5.41, 5.74) is 0.911. The quantitative estimate of drug-likeness (QED) is 0.566. The van der Waals surface area contributed by atoms with E-state index in [0.29, 0.717) is 21.3 Å². The lowest BCUT2D eigenvalue weighted by Gasteiger charge is -2.07. The van der Waals surface area contributed by atoms with Gasteiger partial charge < -0.3 is 5.32 Å². The lowest BCUT2D eigenvalue weighted by atomic mass is 10.1. The average Bonchev–Trinajstić information content (AvgIpc) is 2.49. The maximum atomic E-state index is 12.2. The van der Waals surface area contributed by atoms with Gasteiger partial charge in [0.25, 0.3) is 5.91 Å². The predicted octanol–water partition coefficient (Wildman–Crippen LogP) is 5.30. The first-order valence-electron chi connectivity index (χ1n) is 6.14. The number of nitrogens with zero attached hydrogens (tertiary/aromatic N) is 1. The van der Waals surface area contributed by atoms with E-state index in [1.165, 1.54) is 6.08 Å². The van der Waals surface area contributed by atoms with E-state index < -0.39 is 5.91 Å². The predicted molar refractivity (Wildman–Crippen MR) is 92.8 cm³/mol. The van der Waals surface area contributed by atoms with E-state index in [-0.39, 0.29) is 5.57 Å². The monoisotopic (exact) mass is 394 g/mol. The van der Waals surface area contributed by atoms with Crippen LogP contribution in [-0.4, -0.2) is 5.91 Å². The molecule has 0 aliphatic heterocycles. The van der Waals surface area contributed by atoms with Gasteiger partial charge in [-0.3, -0.25) is 4.79 Å². The van der Waals surface area contributed by atoms with E-state index in [2.05, 4.69) is 21.2 Å². The van der Waals surface area contributed by atoms with Crippen LogP contribution in [-0.2, 0) is 4.79 Å². The molecule has 0 radical (unpaired) electrons. The van der Waals surface area contributed by atoms with E-state index in [1.807, 2.05) is 12.1 Å². The Morgan fingerprint density at radius 2 is 1.77 bits per heavy atom. The van der Waals surface area contributed by atoms with Gasteiger partial charge in [0.15, 0.2) is 0 Å². The van der Waals surface area contributed by atoms with E-state index in [0.717, 1.165) is 4.47 Å². The minimum absolute atomic E-state index is 0.0919. The molecular weight excluding hydrogens is 387 g/mol. The van der Waals surface area contributed by atoms with Gasteiger partial charge in [-0.1, -0.05) is 41.4 Å². The Hall–Kier alpha value is -1.80. The van der Waals surface area contributed by atoms with Gasteiger partial charge in [-0.2, -0.15) is 5.26 Å². The number of nitrogens with one attached hydrogen (secondary N) is 1. The van der Waals surface area contributed by atoms with Crippen LogP contribution in [0.5, 0.6) is 0 Å². The molecule has 2 rings (SSSR count). The fraction of sp³-hybridized carbons (Fsp3) is 0. The van der Waals surface area contributed by atoms with Crippen LogP contribution < -0.4 is 5.32 Å². The summed E-state index contributed by atoms with van der Waals surface area (Å²) in [6.07, 6.45) is 1.37. The molecule has 2 aromatic rings. The molecule has 0 aliphatic rings. The Morgan fingerprint density at radius 1 is 1.14 bits per heavy atom. The SMILES string of the molecule is N#C/C(=C/c1c(Cl)cccc1Cl)C(=O)Nc1ccccc1Br. The summed E-state index contributed by atoms with van der Waals surface area (Å²) in [7, 11) is 0. The topological polar surface area (TPSA) is 52.9 Å². The molecule has 0 unspecified atom stereocenters. The normalized spacial score (nSPS) is 10.9. The second kappa shape index (κ2) is 7.46. The number of hydrogen-bond donors (Lipinski definition) is 1. The molecule has 3 nitrogen and oxygen atoms in total. The molecule has 2 aromatic carbocycles. The van der Waals surface area contributed by atoms with Crippen LogP contribution in [0.1, 0.15) is 5.56 Å². The maximum Gasteiger partial charge on any atom is 0.266 e. The largest absolute Gasteiger partial charge is 0.320 e. The van der Waals surface area contributed by atoms with Gasteiger partial charge in [-0.05, 0) is 46.3 Å². The van der Waals surface area contributed by atoms with E-state index >= 15 is 0 Å². The highest BCUT2D eigenvalue weighted by atomic mass is 79.9. The van der Waals surface area contributed by atoms with Gasteiger partial charge in [0.05, 0.1) is 5.69 Å².